The highest BCUT2D eigenvalue weighted by Crippen LogP contribution is 2.28. The Kier molecular flexibility index (Phi) is 3.45. The molecule has 90 valence electrons. The monoisotopic (exact) mass is 247 g/mol. The van der Waals surface area contributed by atoms with Crippen LogP contribution in [0.5, 0.6) is 0 Å². The average Bonchev–Trinajstić information content (AvgIpc) is 2.58. The van der Waals surface area contributed by atoms with Gasteiger partial charge in [-0.2, -0.15) is 0 Å². The molecule has 0 saturated carbocycles. The smallest absolute Gasteiger partial charge is 0.180 e. The fourth-order valence-electron chi connectivity index (χ4n) is 1.82. The van der Waals surface area contributed by atoms with Crippen LogP contribution in [0.2, 0.25) is 0 Å². The Morgan fingerprint density at radius 1 is 1.24 bits per heavy atom. The van der Waals surface area contributed by atoms with E-state index >= 15 is 0 Å². The van der Waals surface area contributed by atoms with Gasteiger partial charge in [0, 0.05) is 17.0 Å². The number of rotatable bonds is 3. The lowest BCUT2D eigenvalue weighted by Crippen LogP contribution is -2.10. The van der Waals surface area contributed by atoms with Crippen molar-refractivity contribution in [2.24, 2.45) is 0 Å². The molecule has 0 aliphatic rings. The molecule has 0 radical (unpaired) electrons. The van der Waals surface area contributed by atoms with E-state index < -0.39 is 0 Å². The number of benzene rings is 1. The van der Waals surface area contributed by atoms with E-state index in [-0.39, 0.29) is 0 Å². The molecule has 0 spiro atoms. The first-order chi connectivity index (χ1) is 8.06. The first kappa shape index (κ1) is 12.1. The van der Waals surface area contributed by atoms with Gasteiger partial charge in [0.2, 0.25) is 0 Å². The van der Waals surface area contributed by atoms with Crippen molar-refractivity contribution in [2.45, 2.75) is 13.5 Å². The van der Waals surface area contributed by atoms with Gasteiger partial charge in [0.15, 0.2) is 5.13 Å². The summed E-state index contributed by atoms with van der Waals surface area (Å²) in [5, 5.41) is 0.634. The first-order valence-corrected chi connectivity index (χ1v) is 6.35. The van der Waals surface area contributed by atoms with Crippen molar-refractivity contribution >= 4 is 16.5 Å². The molecular formula is C13H17N3S. The molecule has 17 heavy (non-hydrogen) atoms. The van der Waals surface area contributed by atoms with Crippen LogP contribution in [0.25, 0.3) is 11.3 Å². The van der Waals surface area contributed by atoms with E-state index in [0.29, 0.717) is 5.13 Å². The van der Waals surface area contributed by atoms with Crippen LogP contribution >= 0.6 is 11.3 Å². The van der Waals surface area contributed by atoms with Crippen LogP contribution in [0.3, 0.4) is 0 Å². The minimum absolute atomic E-state index is 0.634. The standard InChI is InChI=1S/C13H17N3S/c1-9-12(15-13(14)17-9)11-6-4-10(5-7-11)8-16(2)3/h4-7H,8H2,1-3H3,(H2,14,15). The maximum atomic E-state index is 5.71. The molecule has 0 unspecified atom stereocenters. The van der Waals surface area contributed by atoms with Crippen LogP contribution in [0, 0.1) is 6.92 Å². The van der Waals surface area contributed by atoms with Gasteiger partial charge < -0.3 is 10.6 Å². The Morgan fingerprint density at radius 2 is 1.88 bits per heavy atom. The number of hydrogen-bond acceptors (Lipinski definition) is 4. The predicted octanol–water partition coefficient (Wildman–Crippen LogP) is 2.76. The van der Waals surface area contributed by atoms with E-state index in [0.717, 1.165) is 17.8 Å². The summed E-state index contributed by atoms with van der Waals surface area (Å²) in [6, 6.07) is 8.51. The minimum atomic E-state index is 0.634. The largest absolute Gasteiger partial charge is 0.375 e. The third kappa shape index (κ3) is 2.84. The number of aromatic nitrogens is 1. The number of nitrogens with zero attached hydrogens (tertiary/aromatic N) is 2. The van der Waals surface area contributed by atoms with Gasteiger partial charge >= 0.3 is 0 Å². The normalized spacial score (nSPS) is 11.1. The zero-order chi connectivity index (χ0) is 12.4. The van der Waals surface area contributed by atoms with Gasteiger partial charge in [-0.15, -0.1) is 11.3 Å². The summed E-state index contributed by atoms with van der Waals surface area (Å²) in [6.07, 6.45) is 0. The Labute approximate surface area is 106 Å². The van der Waals surface area contributed by atoms with Crippen LogP contribution in [0.1, 0.15) is 10.4 Å². The van der Waals surface area contributed by atoms with Gasteiger partial charge in [-0.3, -0.25) is 0 Å². The van der Waals surface area contributed by atoms with E-state index in [9.17, 15) is 0 Å². The Balaban J connectivity index is 2.26. The zero-order valence-corrected chi connectivity index (χ0v) is 11.2. The molecule has 1 heterocycles. The summed E-state index contributed by atoms with van der Waals surface area (Å²) >= 11 is 1.54. The lowest BCUT2D eigenvalue weighted by atomic mass is 10.1. The number of nitrogens with two attached hydrogens (primary N) is 1. The topological polar surface area (TPSA) is 42.1 Å². The summed E-state index contributed by atoms with van der Waals surface area (Å²) in [5.41, 5.74) is 9.16. The molecule has 2 N–H and O–H groups in total. The van der Waals surface area contributed by atoms with Crippen LogP contribution < -0.4 is 5.73 Å². The van der Waals surface area contributed by atoms with Gasteiger partial charge in [-0.05, 0) is 26.6 Å². The van der Waals surface area contributed by atoms with Crippen LogP contribution in [0.15, 0.2) is 24.3 Å². The summed E-state index contributed by atoms with van der Waals surface area (Å²) < 4.78 is 0. The highest BCUT2D eigenvalue weighted by Gasteiger charge is 2.07. The summed E-state index contributed by atoms with van der Waals surface area (Å²) in [6.45, 7) is 3.01. The second-order valence-electron chi connectivity index (χ2n) is 4.39. The molecule has 0 amide bonds. The second-order valence-corrected chi connectivity index (χ2v) is 5.63. The van der Waals surface area contributed by atoms with Gasteiger partial charge in [-0.1, -0.05) is 24.3 Å². The maximum Gasteiger partial charge on any atom is 0.180 e. The average molecular weight is 247 g/mol. The van der Waals surface area contributed by atoms with Crippen molar-refractivity contribution in [1.82, 2.24) is 9.88 Å². The quantitative estimate of drug-likeness (QED) is 0.907. The summed E-state index contributed by atoms with van der Waals surface area (Å²) in [4.78, 5) is 7.68. The van der Waals surface area contributed by atoms with Crippen LogP contribution in [-0.4, -0.2) is 24.0 Å². The van der Waals surface area contributed by atoms with E-state index in [2.05, 4.69) is 55.2 Å². The lowest BCUT2D eigenvalue weighted by Gasteiger charge is -2.09. The highest BCUT2D eigenvalue weighted by atomic mass is 32.1. The predicted molar refractivity (Wildman–Crippen MR) is 74.1 cm³/mol. The van der Waals surface area contributed by atoms with E-state index in [1.807, 2.05) is 0 Å². The molecule has 2 rings (SSSR count). The van der Waals surface area contributed by atoms with E-state index in [4.69, 9.17) is 5.73 Å². The fourth-order valence-corrected chi connectivity index (χ4v) is 2.53. The van der Waals surface area contributed by atoms with Crippen molar-refractivity contribution in [3.63, 3.8) is 0 Å². The molecular weight excluding hydrogens is 230 g/mol. The van der Waals surface area contributed by atoms with E-state index in [1.165, 1.54) is 21.8 Å². The van der Waals surface area contributed by atoms with Gasteiger partial charge in [-0.25, -0.2) is 4.98 Å². The molecule has 0 saturated heterocycles. The molecule has 1 aromatic heterocycles. The van der Waals surface area contributed by atoms with Gasteiger partial charge in [0.05, 0.1) is 5.69 Å². The number of aryl methyl sites for hydroxylation is 1. The third-order valence-corrected chi connectivity index (χ3v) is 3.34. The lowest BCUT2D eigenvalue weighted by molar-refractivity contribution is 0.402. The van der Waals surface area contributed by atoms with Crippen molar-refractivity contribution < 1.29 is 0 Å². The number of nitrogen functional groups attached to an aromatic ring is 1. The third-order valence-electron chi connectivity index (χ3n) is 2.54. The molecule has 1 aromatic carbocycles. The molecule has 0 aliphatic heterocycles. The Morgan fingerprint density at radius 3 is 2.35 bits per heavy atom. The fraction of sp³-hybridized carbons (Fsp3) is 0.308. The van der Waals surface area contributed by atoms with Crippen molar-refractivity contribution in [1.29, 1.82) is 0 Å². The van der Waals surface area contributed by atoms with Crippen molar-refractivity contribution in [2.75, 3.05) is 19.8 Å². The molecule has 0 bridgehead atoms. The Bertz CT molecular complexity index is 500. The molecule has 3 nitrogen and oxygen atoms in total. The summed E-state index contributed by atoms with van der Waals surface area (Å²) in [7, 11) is 4.14. The molecule has 0 atom stereocenters. The van der Waals surface area contributed by atoms with Crippen LogP contribution in [0.4, 0.5) is 5.13 Å². The highest BCUT2D eigenvalue weighted by molar-refractivity contribution is 7.15. The Hall–Kier alpha value is -1.39. The number of anilines is 1. The maximum absolute atomic E-state index is 5.71. The summed E-state index contributed by atoms with van der Waals surface area (Å²) in [5.74, 6) is 0. The van der Waals surface area contributed by atoms with E-state index in [1.54, 1.807) is 0 Å². The van der Waals surface area contributed by atoms with Gasteiger partial charge in [0.25, 0.3) is 0 Å². The SMILES string of the molecule is Cc1sc(N)nc1-c1ccc(CN(C)C)cc1. The molecule has 0 aliphatic carbocycles. The number of hydrogen-bond donors (Lipinski definition) is 1. The molecule has 4 heteroatoms. The number of thiazole rings is 1. The minimum Gasteiger partial charge on any atom is -0.375 e. The van der Waals surface area contributed by atoms with Crippen molar-refractivity contribution in [3.8, 4) is 11.3 Å². The van der Waals surface area contributed by atoms with Gasteiger partial charge in [0.1, 0.15) is 0 Å². The first-order valence-electron chi connectivity index (χ1n) is 5.53. The molecule has 2 aromatic rings. The zero-order valence-electron chi connectivity index (χ0n) is 10.4. The molecule has 0 fully saturated rings. The van der Waals surface area contributed by atoms with Crippen LogP contribution in [-0.2, 0) is 6.54 Å². The second kappa shape index (κ2) is 4.85. The van der Waals surface area contributed by atoms with Crippen molar-refractivity contribution in [3.05, 3.63) is 34.7 Å².